The van der Waals surface area contributed by atoms with Crippen molar-refractivity contribution in [1.29, 1.82) is 0 Å². The van der Waals surface area contributed by atoms with Crippen LogP contribution in [0.4, 0.5) is 10.1 Å². The van der Waals surface area contributed by atoms with Crippen molar-refractivity contribution < 1.29 is 22.9 Å². The molecular formula is C25H21FN2O4S. The summed E-state index contributed by atoms with van der Waals surface area (Å²) in [5, 5.41) is 0. The molecule has 0 N–H and O–H groups in total. The van der Waals surface area contributed by atoms with Crippen molar-refractivity contribution in [2.75, 3.05) is 31.2 Å². The summed E-state index contributed by atoms with van der Waals surface area (Å²) in [6, 6.07) is 17.8. The van der Waals surface area contributed by atoms with Gasteiger partial charge in [-0.2, -0.15) is 0 Å². The molecule has 1 atom stereocenters. The number of ether oxygens (including phenoxy) is 1. The van der Waals surface area contributed by atoms with Gasteiger partial charge in [0.05, 0.1) is 51.6 Å². The molecule has 5 rings (SSSR count). The molecule has 8 heteroatoms. The number of rotatable bonds is 3. The standard InChI is InChI=1S/C25H21FN2O4S/c26-20-7-3-1-5-18(20)16-28-21-15-17(24(29)27-11-13-32-14-12-27)9-10-23(21)33(31)22-8-4-2-6-19(22)25(28)30/h1-10,15H,11-14,16H2. The van der Waals surface area contributed by atoms with Crippen LogP contribution in [0.3, 0.4) is 0 Å². The molecule has 2 heterocycles. The fourth-order valence-electron chi connectivity index (χ4n) is 4.10. The number of amides is 2. The number of carbonyl (C=O) groups is 2. The zero-order chi connectivity index (χ0) is 22.9. The molecule has 3 aromatic carbocycles. The van der Waals surface area contributed by atoms with E-state index in [1.165, 1.54) is 11.0 Å². The molecule has 3 aromatic rings. The summed E-state index contributed by atoms with van der Waals surface area (Å²) in [6.45, 7) is 1.83. The number of nitrogens with zero attached hydrogens (tertiary/aromatic N) is 2. The van der Waals surface area contributed by atoms with Gasteiger partial charge in [0.1, 0.15) is 5.82 Å². The summed E-state index contributed by atoms with van der Waals surface area (Å²) in [5.41, 5.74) is 1.35. The number of carbonyl (C=O) groups excluding carboxylic acids is 2. The average Bonchev–Trinajstić information content (AvgIpc) is 2.94. The van der Waals surface area contributed by atoms with Gasteiger partial charge in [0.15, 0.2) is 0 Å². The Morgan fingerprint density at radius 1 is 0.970 bits per heavy atom. The first-order valence-corrected chi connectivity index (χ1v) is 11.8. The van der Waals surface area contributed by atoms with Crippen LogP contribution >= 0.6 is 0 Å². The van der Waals surface area contributed by atoms with Crippen molar-refractivity contribution in [1.82, 2.24) is 4.90 Å². The lowest BCUT2D eigenvalue weighted by molar-refractivity contribution is 0.0303. The lowest BCUT2D eigenvalue weighted by atomic mass is 10.1. The Bertz CT molecular complexity index is 1270. The number of fused-ring (bicyclic) bond motifs is 2. The number of hydrogen-bond donors (Lipinski definition) is 0. The van der Waals surface area contributed by atoms with Gasteiger partial charge in [0.25, 0.3) is 11.8 Å². The Morgan fingerprint density at radius 2 is 1.70 bits per heavy atom. The maximum absolute atomic E-state index is 14.5. The second-order valence-corrected chi connectivity index (χ2v) is 9.25. The summed E-state index contributed by atoms with van der Waals surface area (Å²) >= 11 is 0. The van der Waals surface area contributed by atoms with E-state index in [4.69, 9.17) is 4.74 Å². The third-order valence-electron chi connectivity index (χ3n) is 5.84. The van der Waals surface area contributed by atoms with E-state index in [1.54, 1.807) is 65.6 Å². The predicted molar refractivity (Wildman–Crippen MR) is 121 cm³/mol. The Balaban J connectivity index is 1.63. The quantitative estimate of drug-likeness (QED) is 0.594. The Kier molecular flexibility index (Phi) is 5.78. The molecule has 2 aliphatic rings. The van der Waals surface area contributed by atoms with E-state index in [1.807, 2.05) is 0 Å². The van der Waals surface area contributed by atoms with E-state index in [0.717, 1.165) is 0 Å². The molecule has 0 saturated carbocycles. The third kappa shape index (κ3) is 3.96. The van der Waals surface area contributed by atoms with Gasteiger partial charge in [0, 0.05) is 24.2 Å². The zero-order valence-corrected chi connectivity index (χ0v) is 18.5. The van der Waals surface area contributed by atoms with Crippen molar-refractivity contribution in [3.63, 3.8) is 0 Å². The van der Waals surface area contributed by atoms with Crippen LogP contribution in [-0.2, 0) is 22.1 Å². The number of anilines is 1. The van der Waals surface area contributed by atoms with Gasteiger partial charge in [0.2, 0.25) is 0 Å². The highest BCUT2D eigenvalue weighted by Gasteiger charge is 2.32. The minimum atomic E-state index is -1.64. The maximum atomic E-state index is 14.5. The first kappa shape index (κ1) is 21.5. The first-order valence-electron chi connectivity index (χ1n) is 10.6. The topological polar surface area (TPSA) is 66.9 Å². The van der Waals surface area contributed by atoms with E-state index in [9.17, 15) is 18.2 Å². The minimum Gasteiger partial charge on any atom is -0.378 e. The molecule has 1 fully saturated rings. The molecule has 0 aromatic heterocycles. The fourth-order valence-corrected chi connectivity index (χ4v) is 5.44. The van der Waals surface area contributed by atoms with Crippen molar-refractivity contribution in [3.05, 3.63) is 89.2 Å². The molecule has 2 amide bonds. The molecule has 0 spiro atoms. The van der Waals surface area contributed by atoms with Crippen molar-refractivity contribution in [2.24, 2.45) is 0 Å². The normalized spacial score (nSPS) is 17.8. The lowest BCUT2D eigenvalue weighted by Gasteiger charge is -2.28. The number of benzene rings is 3. The smallest absolute Gasteiger partial charge is 0.259 e. The molecule has 0 radical (unpaired) electrons. The molecule has 1 saturated heterocycles. The van der Waals surface area contributed by atoms with Crippen LogP contribution < -0.4 is 4.90 Å². The predicted octanol–water partition coefficient (Wildman–Crippen LogP) is 3.63. The highest BCUT2D eigenvalue weighted by atomic mass is 32.2. The van der Waals surface area contributed by atoms with Gasteiger partial charge in [-0.05, 0) is 36.4 Å². The minimum absolute atomic E-state index is 0.0563. The van der Waals surface area contributed by atoms with Gasteiger partial charge >= 0.3 is 0 Å². The van der Waals surface area contributed by atoms with Crippen LogP contribution in [-0.4, -0.2) is 47.2 Å². The van der Waals surface area contributed by atoms with E-state index >= 15 is 0 Å². The molecule has 2 aliphatic heterocycles. The number of halogens is 1. The summed E-state index contributed by atoms with van der Waals surface area (Å²) < 4.78 is 33.3. The van der Waals surface area contributed by atoms with Crippen LogP contribution in [0.15, 0.2) is 76.5 Å². The second-order valence-electron chi connectivity index (χ2n) is 7.83. The maximum Gasteiger partial charge on any atom is 0.259 e. The van der Waals surface area contributed by atoms with Crippen LogP contribution in [0.1, 0.15) is 26.3 Å². The van der Waals surface area contributed by atoms with Crippen molar-refractivity contribution >= 4 is 28.3 Å². The number of morpholine rings is 1. The molecular weight excluding hydrogens is 443 g/mol. The van der Waals surface area contributed by atoms with E-state index in [0.29, 0.717) is 58.5 Å². The molecule has 168 valence electrons. The third-order valence-corrected chi connectivity index (χ3v) is 7.34. The van der Waals surface area contributed by atoms with Gasteiger partial charge in [-0.25, -0.2) is 8.60 Å². The Labute approximate surface area is 193 Å². The second kappa shape index (κ2) is 8.88. The van der Waals surface area contributed by atoms with Gasteiger partial charge < -0.3 is 14.5 Å². The van der Waals surface area contributed by atoms with Gasteiger partial charge in [-0.1, -0.05) is 30.3 Å². The molecule has 0 aliphatic carbocycles. The SMILES string of the molecule is O=C(c1ccc2c(c1)N(Cc1ccccc1F)C(=O)c1ccccc1S2=O)N1CCOCC1. The molecule has 0 bridgehead atoms. The van der Waals surface area contributed by atoms with Crippen LogP contribution in [0.5, 0.6) is 0 Å². The monoisotopic (exact) mass is 464 g/mol. The largest absolute Gasteiger partial charge is 0.378 e. The average molecular weight is 465 g/mol. The fraction of sp³-hybridized carbons (Fsp3) is 0.200. The Hall–Kier alpha value is -3.36. The number of hydrogen-bond acceptors (Lipinski definition) is 4. The summed E-state index contributed by atoms with van der Waals surface area (Å²) in [6.07, 6.45) is 0. The summed E-state index contributed by atoms with van der Waals surface area (Å²) in [4.78, 5) is 30.6. The van der Waals surface area contributed by atoms with E-state index < -0.39 is 22.5 Å². The summed E-state index contributed by atoms with van der Waals surface area (Å²) in [7, 11) is -1.64. The van der Waals surface area contributed by atoms with Crippen LogP contribution in [0.25, 0.3) is 0 Å². The molecule has 33 heavy (non-hydrogen) atoms. The van der Waals surface area contributed by atoms with E-state index in [2.05, 4.69) is 0 Å². The van der Waals surface area contributed by atoms with Gasteiger partial charge in [-0.3, -0.25) is 9.59 Å². The van der Waals surface area contributed by atoms with Crippen LogP contribution in [0, 0.1) is 5.82 Å². The Morgan fingerprint density at radius 3 is 2.48 bits per heavy atom. The highest BCUT2D eigenvalue weighted by molar-refractivity contribution is 7.85. The van der Waals surface area contributed by atoms with Crippen molar-refractivity contribution in [2.45, 2.75) is 16.3 Å². The summed E-state index contributed by atoms with van der Waals surface area (Å²) in [5.74, 6) is -1.02. The molecule has 1 unspecified atom stereocenters. The zero-order valence-electron chi connectivity index (χ0n) is 17.7. The highest BCUT2D eigenvalue weighted by Crippen LogP contribution is 2.36. The van der Waals surface area contributed by atoms with E-state index in [-0.39, 0.29) is 12.5 Å². The van der Waals surface area contributed by atoms with Crippen LogP contribution in [0.2, 0.25) is 0 Å². The lowest BCUT2D eigenvalue weighted by Crippen LogP contribution is -2.40. The van der Waals surface area contributed by atoms with Crippen molar-refractivity contribution in [3.8, 4) is 0 Å². The molecule has 6 nitrogen and oxygen atoms in total. The van der Waals surface area contributed by atoms with Gasteiger partial charge in [-0.15, -0.1) is 0 Å². The first-order chi connectivity index (χ1) is 16.0.